The Kier molecular flexibility index (Phi) is 9.59. The van der Waals surface area contributed by atoms with Gasteiger partial charge in [0, 0.05) is 33.9 Å². The van der Waals surface area contributed by atoms with Crippen LogP contribution in [0.3, 0.4) is 0 Å². The van der Waals surface area contributed by atoms with Crippen LogP contribution in [0.1, 0.15) is 25.0 Å². The third-order valence-electron chi connectivity index (χ3n) is 12.4. The number of fused-ring (bicyclic) bond motifs is 3. The first-order valence-electron chi connectivity index (χ1n) is 20.9. The predicted molar refractivity (Wildman–Crippen MR) is 257 cm³/mol. The number of anilines is 6. The van der Waals surface area contributed by atoms with Crippen molar-refractivity contribution in [3.63, 3.8) is 0 Å². The molecule has 0 saturated carbocycles. The van der Waals surface area contributed by atoms with Crippen molar-refractivity contribution in [2.75, 3.05) is 9.80 Å². The van der Waals surface area contributed by atoms with E-state index in [1.807, 2.05) is 0 Å². The van der Waals surface area contributed by atoms with E-state index in [0.29, 0.717) is 0 Å². The van der Waals surface area contributed by atoms with Crippen LogP contribution in [0.2, 0.25) is 0 Å². The van der Waals surface area contributed by atoms with Gasteiger partial charge in [-0.25, -0.2) is 0 Å². The van der Waals surface area contributed by atoms with Crippen molar-refractivity contribution in [3.05, 3.63) is 254 Å². The van der Waals surface area contributed by atoms with Gasteiger partial charge in [-0.3, -0.25) is 0 Å². The molecule has 1 aliphatic carbocycles. The molecule has 1 aliphatic rings. The van der Waals surface area contributed by atoms with E-state index in [1.54, 1.807) is 0 Å². The summed E-state index contributed by atoms with van der Waals surface area (Å²) in [7, 11) is -2.94. The van der Waals surface area contributed by atoms with E-state index >= 15 is 0 Å². The highest BCUT2D eigenvalue weighted by Crippen LogP contribution is 2.54. The second kappa shape index (κ2) is 15.5. The standard InChI is InChI=1S/C57H46N2Si/c1-57(2)54-36-19-18-34-52(54)53-35-21-37-55(56(53)57)59(45-26-12-5-13-27-45)47-28-20-33-51(42-47)60(48-29-14-6-15-30-48,49-31-16-7-17-32-49)50-40-38-46(39-41-50)58(43-22-8-3-9-23-43)44-24-10-4-11-25-44/h3-42H,1-2H3. The molecule has 0 fully saturated rings. The normalized spacial score (nSPS) is 12.6. The van der Waals surface area contributed by atoms with Crippen LogP contribution in [-0.4, -0.2) is 8.07 Å². The second-order valence-electron chi connectivity index (χ2n) is 16.1. The minimum absolute atomic E-state index is 0.186. The molecule has 3 heteroatoms. The van der Waals surface area contributed by atoms with Crippen molar-refractivity contribution >= 4 is 62.9 Å². The zero-order valence-corrected chi connectivity index (χ0v) is 35.0. The van der Waals surface area contributed by atoms with E-state index in [9.17, 15) is 0 Å². The Labute approximate surface area is 355 Å². The SMILES string of the molecule is CC1(C)c2ccccc2-c2cccc(N(c3ccccc3)c3cccc([Si](c4ccccc4)(c4ccccc4)c4ccc(N(c5ccccc5)c5ccccc5)cc4)c3)c21. The van der Waals surface area contributed by atoms with Gasteiger partial charge in [-0.1, -0.05) is 190 Å². The van der Waals surface area contributed by atoms with Crippen molar-refractivity contribution < 1.29 is 0 Å². The van der Waals surface area contributed by atoms with Crippen molar-refractivity contribution in [3.8, 4) is 11.1 Å². The number of para-hydroxylation sites is 3. The van der Waals surface area contributed by atoms with E-state index in [4.69, 9.17) is 0 Å². The summed E-state index contributed by atoms with van der Waals surface area (Å²) in [5, 5.41) is 5.33. The van der Waals surface area contributed by atoms with Gasteiger partial charge in [-0.15, -0.1) is 0 Å². The van der Waals surface area contributed by atoms with Gasteiger partial charge in [-0.05, 0) is 110 Å². The lowest BCUT2D eigenvalue weighted by atomic mass is 9.81. The highest BCUT2D eigenvalue weighted by atomic mass is 28.3. The lowest BCUT2D eigenvalue weighted by Crippen LogP contribution is -2.74. The molecule has 0 aromatic heterocycles. The molecule has 0 amide bonds. The molecule has 0 atom stereocenters. The molecule has 0 aliphatic heterocycles. The molecule has 0 bridgehead atoms. The van der Waals surface area contributed by atoms with E-state index in [-0.39, 0.29) is 5.41 Å². The first-order valence-corrected chi connectivity index (χ1v) is 22.9. The Morgan fingerprint density at radius 2 is 0.717 bits per heavy atom. The zero-order valence-electron chi connectivity index (χ0n) is 34.0. The summed E-state index contributed by atoms with van der Waals surface area (Å²) in [4.78, 5) is 4.83. The maximum atomic E-state index is 2.49. The first-order chi connectivity index (χ1) is 29.5. The largest absolute Gasteiger partial charge is 0.311 e. The summed E-state index contributed by atoms with van der Waals surface area (Å²) in [5.74, 6) is 0. The fourth-order valence-corrected chi connectivity index (χ4v) is 14.5. The van der Waals surface area contributed by atoms with Crippen molar-refractivity contribution in [1.29, 1.82) is 0 Å². The molecule has 288 valence electrons. The van der Waals surface area contributed by atoms with Crippen LogP contribution in [0.4, 0.5) is 34.1 Å². The number of rotatable bonds is 10. The fourth-order valence-electron chi connectivity index (χ4n) is 9.73. The quantitative estimate of drug-likeness (QED) is 0.101. The summed E-state index contributed by atoms with van der Waals surface area (Å²) >= 11 is 0. The Bertz CT molecular complexity index is 2800. The third-order valence-corrected chi connectivity index (χ3v) is 17.1. The highest BCUT2D eigenvalue weighted by molar-refractivity contribution is 7.19. The van der Waals surface area contributed by atoms with Gasteiger partial charge in [0.05, 0.1) is 5.69 Å². The topological polar surface area (TPSA) is 6.48 Å². The van der Waals surface area contributed by atoms with Gasteiger partial charge in [0.25, 0.3) is 0 Å². The summed E-state index contributed by atoms with van der Waals surface area (Å²) < 4.78 is 0. The van der Waals surface area contributed by atoms with E-state index in [2.05, 4.69) is 266 Å². The van der Waals surface area contributed by atoms with Crippen LogP contribution in [0.15, 0.2) is 243 Å². The summed E-state index contributed by atoms with van der Waals surface area (Å²) in [5.41, 5.74) is 12.0. The summed E-state index contributed by atoms with van der Waals surface area (Å²) in [6.45, 7) is 4.76. The first kappa shape index (κ1) is 37.1. The Morgan fingerprint density at radius 3 is 1.28 bits per heavy atom. The highest BCUT2D eigenvalue weighted by Gasteiger charge is 2.43. The average molecular weight is 787 g/mol. The van der Waals surface area contributed by atoms with Crippen LogP contribution >= 0.6 is 0 Å². The Hall–Kier alpha value is -7.20. The molecular weight excluding hydrogens is 741 g/mol. The van der Waals surface area contributed by atoms with E-state index < -0.39 is 8.07 Å². The molecule has 0 saturated heterocycles. The van der Waals surface area contributed by atoms with Gasteiger partial charge in [0.1, 0.15) is 0 Å². The number of nitrogens with zero attached hydrogens (tertiary/aromatic N) is 2. The predicted octanol–water partition coefficient (Wildman–Crippen LogP) is 12.3. The minimum Gasteiger partial charge on any atom is -0.311 e. The molecule has 0 unspecified atom stereocenters. The molecule has 9 aromatic rings. The summed E-state index contributed by atoms with van der Waals surface area (Å²) in [6, 6.07) is 89.3. The molecule has 2 nitrogen and oxygen atoms in total. The van der Waals surface area contributed by atoms with Crippen molar-refractivity contribution in [2.24, 2.45) is 0 Å². The van der Waals surface area contributed by atoms with E-state index in [0.717, 1.165) is 28.4 Å². The van der Waals surface area contributed by atoms with Crippen LogP contribution in [0.25, 0.3) is 11.1 Å². The van der Waals surface area contributed by atoms with Gasteiger partial charge in [0.2, 0.25) is 0 Å². The number of benzene rings is 9. The van der Waals surface area contributed by atoms with E-state index in [1.165, 1.54) is 48.7 Å². The molecule has 0 N–H and O–H groups in total. The molecule has 9 aromatic carbocycles. The molecule has 0 radical (unpaired) electrons. The Morgan fingerprint density at radius 1 is 0.317 bits per heavy atom. The lowest BCUT2D eigenvalue weighted by Gasteiger charge is -2.36. The molecule has 60 heavy (non-hydrogen) atoms. The van der Waals surface area contributed by atoms with Crippen LogP contribution in [0, 0.1) is 0 Å². The fraction of sp³-hybridized carbons (Fsp3) is 0.0526. The third kappa shape index (κ3) is 6.26. The molecule has 0 spiro atoms. The van der Waals surface area contributed by atoms with Crippen LogP contribution in [-0.2, 0) is 5.41 Å². The smallest absolute Gasteiger partial charge is 0.179 e. The second-order valence-corrected chi connectivity index (χ2v) is 19.9. The van der Waals surface area contributed by atoms with Crippen molar-refractivity contribution in [1.82, 2.24) is 0 Å². The van der Waals surface area contributed by atoms with Gasteiger partial charge < -0.3 is 9.80 Å². The minimum atomic E-state index is -2.94. The Balaban J connectivity index is 1.19. The van der Waals surface area contributed by atoms with Gasteiger partial charge in [0.15, 0.2) is 8.07 Å². The number of hydrogen-bond acceptors (Lipinski definition) is 2. The molecular formula is C57H46N2Si. The van der Waals surface area contributed by atoms with Gasteiger partial charge in [-0.2, -0.15) is 0 Å². The van der Waals surface area contributed by atoms with Crippen LogP contribution in [0.5, 0.6) is 0 Å². The lowest BCUT2D eigenvalue weighted by molar-refractivity contribution is 0.661. The summed E-state index contributed by atoms with van der Waals surface area (Å²) in [6.07, 6.45) is 0. The monoisotopic (exact) mass is 786 g/mol. The van der Waals surface area contributed by atoms with Crippen LogP contribution < -0.4 is 30.5 Å². The average Bonchev–Trinajstić information content (AvgIpc) is 3.55. The van der Waals surface area contributed by atoms with Crippen molar-refractivity contribution in [2.45, 2.75) is 19.3 Å². The van der Waals surface area contributed by atoms with Gasteiger partial charge >= 0.3 is 0 Å². The molecule has 0 heterocycles. The maximum Gasteiger partial charge on any atom is 0.179 e. The zero-order chi connectivity index (χ0) is 40.5. The molecule has 10 rings (SSSR count). The number of hydrogen-bond donors (Lipinski definition) is 0. The maximum absolute atomic E-state index is 2.94.